The summed E-state index contributed by atoms with van der Waals surface area (Å²) in [5, 5.41) is 23.0. The van der Waals surface area contributed by atoms with Crippen molar-refractivity contribution in [2.24, 2.45) is 0 Å². The number of aliphatic hydroxyl groups is 1. The summed E-state index contributed by atoms with van der Waals surface area (Å²) < 4.78 is 1.51. The van der Waals surface area contributed by atoms with Gasteiger partial charge in [-0.1, -0.05) is 6.58 Å². The van der Waals surface area contributed by atoms with Gasteiger partial charge in [0, 0.05) is 18.0 Å². The topological polar surface area (TPSA) is 75.4 Å². The Labute approximate surface area is 99.4 Å². The maximum Gasteiger partial charge on any atom is 0.314 e. The largest absolute Gasteiger partial charge is 0.481 e. The monoisotopic (exact) mass is 236 g/mol. The Morgan fingerprint density at radius 2 is 2.24 bits per heavy atom. The van der Waals surface area contributed by atoms with Crippen LogP contribution in [0.25, 0.3) is 6.20 Å². The number of rotatable bonds is 3. The Bertz CT molecular complexity index is 431. The summed E-state index contributed by atoms with van der Waals surface area (Å²) in [6.07, 6.45) is 6.36. The molecule has 1 aliphatic carbocycles. The van der Waals surface area contributed by atoms with Gasteiger partial charge in [-0.25, -0.2) is 4.68 Å². The molecule has 0 aliphatic heterocycles. The van der Waals surface area contributed by atoms with Crippen LogP contribution in [-0.4, -0.2) is 32.1 Å². The minimum atomic E-state index is -0.902. The molecule has 2 rings (SSSR count). The zero-order chi connectivity index (χ0) is 12.5. The Morgan fingerprint density at radius 1 is 1.59 bits per heavy atom. The van der Waals surface area contributed by atoms with Gasteiger partial charge in [0.15, 0.2) is 0 Å². The normalized spacial score (nSPS) is 28.9. The Morgan fingerprint density at radius 3 is 2.71 bits per heavy atom. The maximum atomic E-state index is 11.5. The van der Waals surface area contributed by atoms with Crippen molar-refractivity contribution in [3.05, 3.63) is 24.5 Å². The van der Waals surface area contributed by atoms with Crippen LogP contribution >= 0.6 is 0 Å². The molecule has 92 valence electrons. The van der Waals surface area contributed by atoms with E-state index >= 15 is 0 Å². The average molecular weight is 236 g/mol. The van der Waals surface area contributed by atoms with Crippen LogP contribution < -0.4 is 0 Å². The highest BCUT2D eigenvalue weighted by Crippen LogP contribution is 2.39. The number of carboxylic acid groups (broad SMARTS) is 1. The lowest BCUT2D eigenvalue weighted by molar-refractivity contribution is -0.146. The van der Waals surface area contributed by atoms with E-state index in [2.05, 4.69) is 11.7 Å². The van der Waals surface area contributed by atoms with E-state index in [1.807, 2.05) is 0 Å². The van der Waals surface area contributed by atoms with E-state index in [0.717, 1.165) is 0 Å². The average Bonchev–Trinajstić information content (AvgIpc) is 2.79. The first-order valence-corrected chi connectivity index (χ1v) is 5.67. The zero-order valence-corrected chi connectivity index (χ0v) is 9.54. The quantitative estimate of drug-likeness (QED) is 0.828. The summed E-state index contributed by atoms with van der Waals surface area (Å²) in [7, 11) is 0. The second kappa shape index (κ2) is 4.33. The molecular formula is C12H16N2O3. The smallest absolute Gasteiger partial charge is 0.314 e. The molecule has 1 heterocycles. The van der Waals surface area contributed by atoms with Gasteiger partial charge >= 0.3 is 5.97 Å². The number of hydrogen-bond acceptors (Lipinski definition) is 3. The fourth-order valence-corrected chi connectivity index (χ4v) is 2.41. The molecule has 0 saturated heterocycles. The number of carboxylic acids is 1. The number of carbonyl (C=O) groups is 1. The van der Waals surface area contributed by atoms with Crippen LogP contribution in [0.2, 0.25) is 0 Å². The van der Waals surface area contributed by atoms with Crippen LogP contribution in [0.3, 0.4) is 0 Å². The molecule has 1 aromatic heterocycles. The number of aliphatic carboxylic acids is 1. The Hall–Kier alpha value is -1.62. The third-order valence-corrected chi connectivity index (χ3v) is 3.56. The van der Waals surface area contributed by atoms with Gasteiger partial charge in [-0.05, 0) is 25.7 Å². The molecule has 17 heavy (non-hydrogen) atoms. The molecule has 5 nitrogen and oxygen atoms in total. The van der Waals surface area contributed by atoms with E-state index in [1.165, 1.54) is 10.9 Å². The van der Waals surface area contributed by atoms with Gasteiger partial charge in [0.25, 0.3) is 0 Å². The van der Waals surface area contributed by atoms with Crippen molar-refractivity contribution in [1.29, 1.82) is 0 Å². The minimum Gasteiger partial charge on any atom is -0.481 e. The van der Waals surface area contributed by atoms with Crippen LogP contribution in [0.1, 0.15) is 31.2 Å². The van der Waals surface area contributed by atoms with Crippen molar-refractivity contribution in [3.8, 4) is 0 Å². The summed E-state index contributed by atoms with van der Waals surface area (Å²) in [6.45, 7) is 3.58. The molecule has 0 atom stereocenters. The number of hydrogen-bond donors (Lipinski definition) is 2. The van der Waals surface area contributed by atoms with E-state index in [4.69, 9.17) is 0 Å². The van der Waals surface area contributed by atoms with Gasteiger partial charge in [-0.2, -0.15) is 5.10 Å². The number of aromatic nitrogens is 2. The molecule has 0 amide bonds. The highest BCUT2D eigenvalue weighted by molar-refractivity contribution is 5.81. The standard InChI is InChI=1S/C12H16N2O3/c1-2-14-8-9(7-13-14)12(11(16)17)5-3-10(15)4-6-12/h2,7-8,10,15H,1,3-6H2,(H,16,17). The number of aliphatic hydroxyl groups excluding tert-OH is 1. The Kier molecular flexibility index (Phi) is 3.02. The molecule has 5 heteroatoms. The molecule has 0 radical (unpaired) electrons. The van der Waals surface area contributed by atoms with Gasteiger partial charge in [-0.3, -0.25) is 4.79 Å². The lowest BCUT2D eigenvalue weighted by Gasteiger charge is -2.34. The third-order valence-electron chi connectivity index (χ3n) is 3.56. The molecule has 0 spiro atoms. The predicted molar refractivity (Wildman–Crippen MR) is 62.4 cm³/mol. The van der Waals surface area contributed by atoms with Crippen LogP contribution in [0, 0.1) is 0 Å². The summed E-state index contributed by atoms with van der Waals surface area (Å²) >= 11 is 0. The lowest BCUT2D eigenvalue weighted by atomic mass is 9.69. The van der Waals surface area contributed by atoms with Gasteiger partial charge in [0.05, 0.1) is 17.7 Å². The first-order valence-electron chi connectivity index (χ1n) is 5.67. The molecule has 0 bridgehead atoms. The van der Waals surface area contributed by atoms with Crippen molar-refractivity contribution in [1.82, 2.24) is 9.78 Å². The van der Waals surface area contributed by atoms with E-state index < -0.39 is 11.4 Å². The van der Waals surface area contributed by atoms with E-state index in [1.54, 1.807) is 12.4 Å². The van der Waals surface area contributed by atoms with Crippen molar-refractivity contribution < 1.29 is 15.0 Å². The molecule has 1 aliphatic rings. The van der Waals surface area contributed by atoms with Crippen molar-refractivity contribution in [3.63, 3.8) is 0 Å². The highest BCUT2D eigenvalue weighted by Gasteiger charge is 2.44. The molecule has 0 aromatic carbocycles. The second-order valence-corrected chi connectivity index (χ2v) is 4.51. The van der Waals surface area contributed by atoms with Gasteiger partial charge < -0.3 is 10.2 Å². The third kappa shape index (κ3) is 1.98. The van der Waals surface area contributed by atoms with E-state index in [-0.39, 0.29) is 6.10 Å². The van der Waals surface area contributed by atoms with Crippen LogP contribution in [0.5, 0.6) is 0 Å². The Balaban J connectivity index is 2.34. The SMILES string of the molecule is C=Cn1cc(C2(C(=O)O)CCC(O)CC2)cn1. The van der Waals surface area contributed by atoms with Gasteiger partial charge in [0.1, 0.15) is 0 Å². The molecule has 1 saturated carbocycles. The fraction of sp³-hybridized carbons (Fsp3) is 0.500. The molecular weight excluding hydrogens is 220 g/mol. The zero-order valence-electron chi connectivity index (χ0n) is 9.54. The highest BCUT2D eigenvalue weighted by atomic mass is 16.4. The first-order chi connectivity index (χ1) is 8.08. The van der Waals surface area contributed by atoms with Crippen LogP contribution in [0.15, 0.2) is 19.0 Å². The van der Waals surface area contributed by atoms with Gasteiger partial charge in [0.2, 0.25) is 0 Å². The molecule has 0 unspecified atom stereocenters. The second-order valence-electron chi connectivity index (χ2n) is 4.51. The fourth-order valence-electron chi connectivity index (χ4n) is 2.41. The van der Waals surface area contributed by atoms with Crippen molar-refractivity contribution >= 4 is 12.2 Å². The first kappa shape index (κ1) is 11.9. The van der Waals surface area contributed by atoms with Crippen molar-refractivity contribution in [2.45, 2.75) is 37.2 Å². The maximum absolute atomic E-state index is 11.5. The summed E-state index contributed by atoms with van der Waals surface area (Å²) in [6, 6.07) is 0. The summed E-state index contributed by atoms with van der Waals surface area (Å²) in [5.41, 5.74) is -0.211. The summed E-state index contributed by atoms with van der Waals surface area (Å²) in [5.74, 6) is -0.840. The van der Waals surface area contributed by atoms with Crippen LogP contribution in [0.4, 0.5) is 0 Å². The summed E-state index contributed by atoms with van der Waals surface area (Å²) in [4.78, 5) is 11.5. The molecule has 2 N–H and O–H groups in total. The van der Waals surface area contributed by atoms with Crippen molar-refractivity contribution in [2.75, 3.05) is 0 Å². The lowest BCUT2D eigenvalue weighted by Crippen LogP contribution is -2.40. The molecule has 1 aromatic rings. The van der Waals surface area contributed by atoms with E-state index in [9.17, 15) is 15.0 Å². The van der Waals surface area contributed by atoms with Crippen LogP contribution in [-0.2, 0) is 10.2 Å². The predicted octanol–water partition coefficient (Wildman–Crippen LogP) is 1.24. The van der Waals surface area contributed by atoms with E-state index in [0.29, 0.717) is 31.2 Å². The number of nitrogens with zero attached hydrogens (tertiary/aromatic N) is 2. The minimum absolute atomic E-state index is 0.378. The van der Waals surface area contributed by atoms with Gasteiger partial charge in [-0.15, -0.1) is 0 Å². The molecule has 1 fully saturated rings.